The zero-order chi connectivity index (χ0) is 14.0. The first-order valence-electron chi connectivity index (χ1n) is 6.31. The summed E-state index contributed by atoms with van der Waals surface area (Å²) in [6, 6.07) is 3.08. The standard InChI is InChI=1S/C14H15BrClFO2/c1-2-19-9-5-8(6-9)7-12(18)10-3-4-11(15)13(16)14(10)17/h3-4,8-9H,2,5-7H2,1H3. The molecule has 0 atom stereocenters. The van der Waals surface area contributed by atoms with E-state index in [1.165, 1.54) is 6.07 Å². The Morgan fingerprint density at radius 1 is 1.53 bits per heavy atom. The molecule has 0 bridgehead atoms. The van der Waals surface area contributed by atoms with E-state index >= 15 is 0 Å². The van der Waals surface area contributed by atoms with E-state index in [9.17, 15) is 9.18 Å². The van der Waals surface area contributed by atoms with Crippen LogP contribution in [0.4, 0.5) is 4.39 Å². The Bertz CT molecular complexity index is 487. The highest BCUT2D eigenvalue weighted by Crippen LogP contribution is 2.35. The number of Topliss-reactive ketones (excluding diaryl/α,β-unsaturated/α-hetero) is 1. The maximum atomic E-state index is 13.9. The van der Waals surface area contributed by atoms with Crippen LogP contribution in [-0.2, 0) is 4.74 Å². The molecule has 0 N–H and O–H groups in total. The van der Waals surface area contributed by atoms with Gasteiger partial charge in [-0.2, -0.15) is 0 Å². The van der Waals surface area contributed by atoms with E-state index < -0.39 is 5.82 Å². The average Bonchev–Trinajstić information content (AvgIpc) is 2.33. The van der Waals surface area contributed by atoms with E-state index in [2.05, 4.69) is 15.9 Å². The van der Waals surface area contributed by atoms with Gasteiger partial charge in [0.2, 0.25) is 0 Å². The third-order valence-electron chi connectivity index (χ3n) is 3.40. The van der Waals surface area contributed by atoms with Crippen molar-refractivity contribution in [2.45, 2.75) is 32.3 Å². The molecule has 0 unspecified atom stereocenters. The number of rotatable bonds is 5. The maximum absolute atomic E-state index is 13.9. The van der Waals surface area contributed by atoms with Crippen molar-refractivity contribution < 1.29 is 13.9 Å². The zero-order valence-corrected chi connectivity index (χ0v) is 12.9. The molecule has 2 rings (SSSR count). The molecule has 0 aliphatic heterocycles. The summed E-state index contributed by atoms with van der Waals surface area (Å²) < 4.78 is 19.8. The molecule has 1 aliphatic carbocycles. The van der Waals surface area contributed by atoms with Crippen molar-refractivity contribution in [3.63, 3.8) is 0 Å². The molecule has 5 heteroatoms. The first-order valence-corrected chi connectivity index (χ1v) is 7.48. The Morgan fingerprint density at radius 2 is 2.21 bits per heavy atom. The Morgan fingerprint density at radius 3 is 2.84 bits per heavy atom. The summed E-state index contributed by atoms with van der Waals surface area (Å²) >= 11 is 8.91. The van der Waals surface area contributed by atoms with Crippen LogP contribution in [0.5, 0.6) is 0 Å². The molecule has 0 spiro atoms. The molecular formula is C14H15BrClFO2. The van der Waals surface area contributed by atoms with Gasteiger partial charge < -0.3 is 4.74 Å². The van der Waals surface area contributed by atoms with Gasteiger partial charge in [0.05, 0.1) is 16.7 Å². The van der Waals surface area contributed by atoms with E-state index in [1.807, 2.05) is 6.92 Å². The summed E-state index contributed by atoms with van der Waals surface area (Å²) in [6.07, 6.45) is 2.39. The van der Waals surface area contributed by atoms with Crippen molar-refractivity contribution in [1.29, 1.82) is 0 Å². The summed E-state index contributed by atoms with van der Waals surface area (Å²) in [5.74, 6) is -0.528. The van der Waals surface area contributed by atoms with Crippen LogP contribution in [0, 0.1) is 11.7 Å². The molecule has 104 valence electrons. The van der Waals surface area contributed by atoms with Crippen molar-refractivity contribution in [2.24, 2.45) is 5.92 Å². The molecular weight excluding hydrogens is 335 g/mol. The van der Waals surface area contributed by atoms with Crippen LogP contribution in [0.3, 0.4) is 0 Å². The fourth-order valence-corrected chi connectivity index (χ4v) is 2.80. The molecule has 1 aromatic rings. The maximum Gasteiger partial charge on any atom is 0.166 e. The number of benzene rings is 1. The number of hydrogen-bond acceptors (Lipinski definition) is 2. The summed E-state index contributed by atoms with van der Waals surface area (Å²) in [5, 5.41) is -0.0355. The first kappa shape index (κ1) is 14.9. The van der Waals surface area contributed by atoms with Gasteiger partial charge in [0.25, 0.3) is 0 Å². The van der Waals surface area contributed by atoms with E-state index in [0.29, 0.717) is 23.4 Å². The van der Waals surface area contributed by atoms with Crippen LogP contribution in [0.2, 0.25) is 5.02 Å². The van der Waals surface area contributed by atoms with Crippen molar-refractivity contribution in [3.8, 4) is 0 Å². The average molecular weight is 350 g/mol. The van der Waals surface area contributed by atoms with Gasteiger partial charge in [-0.15, -0.1) is 0 Å². The lowest BCUT2D eigenvalue weighted by Crippen LogP contribution is -2.32. The highest BCUT2D eigenvalue weighted by atomic mass is 79.9. The number of ketones is 1. The summed E-state index contributed by atoms with van der Waals surface area (Å²) in [4.78, 5) is 12.0. The molecule has 1 aliphatic rings. The van der Waals surface area contributed by atoms with E-state index in [-0.39, 0.29) is 22.5 Å². The predicted molar refractivity (Wildman–Crippen MR) is 76.2 cm³/mol. The first-order chi connectivity index (χ1) is 9.02. The summed E-state index contributed by atoms with van der Waals surface area (Å²) in [5.41, 5.74) is 0.0769. The Balaban J connectivity index is 1.96. The fourth-order valence-electron chi connectivity index (χ4n) is 2.33. The van der Waals surface area contributed by atoms with Gasteiger partial charge in [-0.3, -0.25) is 4.79 Å². The molecule has 0 radical (unpaired) electrons. The zero-order valence-electron chi connectivity index (χ0n) is 10.6. The largest absolute Gasteiger partial charge is 0.378 e. The van der Waals surface area contributed by atoms with Gasteiger partial charge in [-0.25, -0.2) is 4.39 Å². The Labute approximate surface area is 125 Å². The van der Waals surface area contributed by atoms with Gasteiger partial charge in [-0.1, -0.05) is 11.6 Å². The van der Waals surface area contributed by atoms with Gasteiger partial charge in [0.15, 0.2) is 11.6 Å². The van der Waals surface area contributed by atoms with Crippen LogP contribution in [-0.4, -0.2) is 18.5 Å². The van der Waals surface area contributed by atoms with Crippen molar-refractivity contribution >= 4 is 33.3 Å². The molecule has 19 heavy (non-hydrogen) atoms. The van der Waals surface area contributed by atoms with Gasteiger partial charge in [0.1, 0.15) is 0 Å². The SMILES string of the molecule is CCOC1CC(CC(=O)c2ccc(Br)c(Cl)c2F)C1. The molecule has 1 saturated carbocycles. The van der Waals surface area contributed by atoms with Crippen LogP contribution in [0.25, 0.3) is 0 Å². The monoisotopic (exact) mass is 348 g/mol. The van der Waals surface area contributed by atoms with Gasteiger partial charge in [0, 0.05) is 17.5 Å². The molecule has 0 amide bonds. The van der Waals surface area contributed by atoms with Crippen LogP contribution < -0.4 is 0 Å². The second-order valence-electron chi connectivity index (χ2n) is 4.76. The predicted octanol–water partition coefficient (Wildman–Crippen LogP) is 4.63. The molecule has 2 nitrogen and oxygen atoms in total. The minimum Gasteiger partial charge on any atom is -0.378 e. The third kappa shape index (κ3) is 3.36. The fraction of sp³-hybridized carbons (Fsp3) is 0.500. The molecule has 1 fully saturated rings. The normalized spacial score (nSPS) is 22.1. The second-order valence-corrected chi connectivity index (χ2v) is 6.00. The smallest absolute Gasteiger partial charge is 0.166 e. The number of carbonyl (C=O) groups is 1. The van der Waals surface area contributed by atoms with Crippen molar-refractivity contribution in [2.75, 3.05) is 6.61 Å². The molecule has 1 aromatic carbocycles. The van der Waals surface area contributed by atoms with Crippen LogP contribution >= 0.6 is 27.5 Å². The second kappa shape index (κ2) is 6.33. The Hall–Kier alpha value is -0.450. The highest BCUT2D eigenvalue weighted by molar-refractivity contribution is 9.10. The molecule has 0 heterocycles. The topological polar surface area (TPSA) is 26.3 Å². The lowest BCUT2D eigenvalue weighted by Gasteiger charge is -2.34. The van der Waals surface area contributed by atoms with Crippen LogP contribution in [0.1, 0.15) is 36.5 Å². The van der Waals surface area contributed by atoms with E-state index in [4.69, 9.17) is 16.3 Å². The van der Waals surface area contributed by atoms with Crippen molar-refractivity contribution in [3.05, 3.63) is 33.0 Å². The number of ether oxygens (including phenoxy) is 1. The molecule has 0 aromatic heterocycles. The van der Waals surface area contributed by atoms with Crippen molar-refractivity contribution in [1.82, 2.24) is 0 Å². The highest BCUT2D eigenvalue weighted by Gasteiger charge is 2.32. The summed E-state index contributed by atoms with van der Waals surface area (Å²) in [6.45, 7) is 2.65. The number of carbonyl (C=O) groups excluding carboxylic acids is 1. The van der Waals surface area contributed by atoms with E-state index in [1.54, 1.807) is 6.07 Å². The van der Waals surface area contributed by atoms with Gasteiger partial charge in [-0.05, 0) is 53.7 Å². The number of hydrogen-bond donors (Lipinski definition) is 0. The third-order valence-corrected chi connectivity index (χ3v) is 4.66. The van der Waals surface area contributed by atoms with Crippen LogP contribution in [0.15, 0.2) is 16.6 Å². The quantitative estimate of drug-likeness (QED) is 0.572. The minimum absolute atomic E-state index is 0.0355. The Kier molecular flexibility index (Phi) is 4.98. The van der Waals surface area contributed by atoms with E-state index in [0.717, 1.165) is 12.8 Å². The number of halogens is 3. The summed E-state index contributed by atoms with van der Waals surface area (Å²) in [7, 11) is 0. The molecule has 0 saturated heterocycles. The lowest BCUT2D eigenvalue weighted by atomic mass is 9.78. The minimum atomic E-state index is -0.637. The van der Waals surface area contributed by atoms with Gasteiger partial charge >= 0.3 is 0 Å². The lowest BCUT2D eigenvalue weighted by molar-refractivity contribution is -0.0246.